The van der Waals surface area contributed by atoms with E-state index in [1.165, 1.54) is 0 Å². The van der Waals surface area contributed by atoms with Gasteiger partial charge >= 0.3 is 6.09 Å². The van der Waals surface area contributed by atoms with Gasteiger partial charge in [-0.3, -0.25) is 14.4 Å². The molecule has 1 saturated heterocycles. The van der Waals surface area contributed by atoms with Crippen molar-refractivity contribution in [2.24, 2.45) is 11.8 Å². The predicted octanol–water partition coefficient (Wildman–Crippen LogP) is 5.69. The van der Waals surface area contributed by atoms with Gasteiger partial charge in [0.05, 0.1) is 6.07 Å². The zero-order chi connectivity index (χ0) is 36.6. The molecule has 2 aliphatic rings. The van der Waals surface area contributed by atoms with Crippen LogP contribution in [0.15, 0.2) is 72.8 Å². The number of amides is 4. The van der Waals surface area contributed by atoms with Gasteiger partial charge in [0.1, 0.15) is 24.7 Å². The first-order chi connectivity index (χ1) is 24.3. The van der Waals surface area contributed by atoms with Gasteiger partial charge in [0, 0.05) is 30.7 Å². The van der Waals surface area contributed by atoms with Gasteiger partial charge in [-0.05, 0) is 73.8 Å². The number of hydrogen-bond acceptors (Lipinski definition) is 6. The lowest BCUT2D eigenvalue weighted by molar-refractivity contribution is -0.131. The molecule has 1 aliphatic heterocycles. The number of benzene rings is 3. The molecular formula is C39H45F2N5O5. The summed E-state index contributed by atoms with van der Waals surface area (Å²) in [5.74, 6) is -5.11. The molecule has 10 nitrogen and oxygen atoms in total. The van der Waals surface area contributed by atoms with Crippen LogP contribution in [0.5, 0.6) is 0 Å². The fourth-order valence-electron chi connectivity index (χ4n) is 7.07. The summed E-state index contributed by atoms with van der Waals surface area (Å²) >= 11 is 0. The first-order valence-electron chi connectivity index (χ1n) is 17.4. The summed E-state index contributed by atoms with van der Waals surface area (Å²) in [6.45, 7) is 3.73. The summed E-state index contributed by atoms with van der Waals surface area (Å²) in [5, 5.41) is 22.8. The molecule has 4 unspecified atom stereocenters. The molecule has 51 heavy (non-hydrogen) atoms. The number of carbonyl (C=O) groups is 4. The van der Waals surface area contributed by atoms with Crippen molar-refractivity contribution in [2.45, 2.75) is 101 Å². The zero-order valence-electron chi connectivity index (χ0n) is 28.9. The van der Waals surface area contributed by atoms with E-state index in [9.17, 15) is 33.2 Å². The number of fused-ring (bicyclic) bond motifs is 1. The molecule has 1 saturated carbocycles. The highest BCUT2D eigenvalue weighted by Crippen LogP contribution is 2.38. The second kappa shape index (κ2) is 16.3. The quantitative estimate of drug-likeness (QED) is 0.180. The van der Waals surface area contributed by atoms with E-state index >= 15 is 0 Å². The van der Waals surface area contributed by atoms with Gasteiger partial charge in [-0.15, -0.1) is 0 Å². The predicted molar refractivity (Wildman–Crippen MR) is 187 cm³/mol. The van der Waals surface area contributed by atoms with Crippen LogP contribution < -0.4 is 21.3 Å². The number of alkyl halides is 2. The average molecular weight is 702 g/mol. The van der Waals surface area contributed by atoms with Gasteiger partial charge in [0.15, 0.2) is 0 Å². The second-order valence-electron chi connectivity index (χ2n) is 14.4. The first kappa shape index (κ1) is 37.2. The van der Waals surface area contributed by atoms with Gasteiger partial charge in [-0.2, -0.15) is 5.26 Å². The normalized spacial score (nSPS) is 19.9. The molecule has 270 valence electrons. The number of nitriles is 1. The fourth-order valence-corrected chi connectivity index (χ4v) is 7.07. The SMILES string of the molecule is CC1(C)CC(CC(C#N)NC(=O)C(CC2CCC(F)(F)CC2)NC(=O)C(Cc2cccc3ccccc23)NC(=O)OCc2ccccc2)C(=O)N1. The topological polar surface area (TPSA) is 149 Å². The Bertz CT molecular complexity index is 1750. The monoisotopic (exact) mass is 701 g/mol. The first-order valence-corrected chi connectivity index (χ1v) is 17.4. The minimum atomic E-state index is -2.79. The van der Waals surface area contributed by atoms with Gasteiger partial charge in [-0.1, -0.05) is 72.8 Å². The van der Waals surface area contributed by atoms with Crippen molar-refractivity contribution in [1.29, 1.82) is 5.26 Å². The smallest absolute Gasteiger partial charge is 0.408 e. The Morgan fingerprint density at radius 1 is 0.902 bits per heavy atom. The Morgan fingerprint density at radius 2 is 1.57 bits per heavy atom. The van der Waals surface area contributed by atoms with Crippen LogP contribution in [0.2, 0.25) is 0 Å². The number of nitrogens with one attached hydrogen (secondary N) is 4. The molecule has 1 heterocycles. The molecule has 1 aliphatic carbocycles. The number of hydrogen-bond donors (Lipinski definition) is 4. The molecule has 0 radical (unpaired) electrons. The van der Waals surface area contributed by atoms with Crippen LogP contribution >= 0.6 is 0 Å². The molecule has 4 amide bonds. The van der Waals surface area contributed by atoms with Crippen LogP contribution in [0.1, 0.15) is 69.9 Å². The van der Waals surface area contributed by atoms with Crippen molar-refractivity contribution in [1.82, 2.24) is 21.3 Å². The largest absolute Gasteiger partial charge is 0.445 e. The van der Waals surface area contributed by atoms with Crippen molar-refractivity contribution in [3.63, 3.8) is 0 Å². The van der Waals surface area contributed by atoms with Gasteiger partial charge < -0.3 is 26.0 Å². The van der Waals surface area contributed by atoms with Crippen LogP contribution in [-0.2, 0) is 32.1 Å². The summed E-state index contributed by atoms with van der Waals surface area (Å²) in [6.07, 6.45) is -0.489. The standard InChI is InChI=1S/C39H45F2N5O5/c1-38(2)22-29(34(47)46-38)20-30(23-42)43-35(48)32(19-25-15-17-39(40,41)18-16-25)44-36(49)33(45-37(50)51-24-26-9-4-3-5-10-26)21-28-13-8-12-27-11-6-7-14-31(27)28/h3-14,25,29-30,32-33H,15-22,24H2,1-2H3,(H,43,48)(H,44,49)(H,45,50)(H,46,47). The number of alkyl carbamates (subject to hydrolysis) is 1. The number of carbonyl (C=O) groups excluding carboxylic acids is 4. The summed E-state index contributed by atoms with van der Waals surface area (Å²) in [5.41, 5.74) is 1.08. The highest BCUT2D eigenvalue weighted by Gasteiger charge is 2.40. The van der Waals surface area contributed by atoms with Crippen LogP contribution in [0.25, 0.3) is 10.8 Å². The van der Waals surface area contributed by atoms with Crippen LogP contribution in [0.3, 0.4) is 0 Å². The third-order valence-electron chi connectivity index (χ3n) is 9.75. The minimum absolute atomic E-state index is 0.0294. The summed E-state index contributed by atoms with van der Waals surface area (Å²) < 4.78 is 33.5. The third kappa shape index (κ3) is 10.5. The van der Waals surface area contributed by atoms with E-state index in [0.29, 0.717) is 6.42 Å². The van der Waals surface area contributed by atoms with E-state index in [4.69, 9.17) is 4.74 Å². The molecular weight excluding hydrogens is 656 g/mol. The Balaban J connectivity index is 1.35. The summed E-state index contributed by atoms with van der Waals surface area (Å²) in [7, 11) is 0. The molecule has 3 aromatic rings. The molecule has 0 aromatic heterocycles. The molecule has 4 N–H and O–H groups in total. The lowest BCUT2D eigenvalue weighted by Crippen LogP contribution is -2.56. The number of ether oxygens (including phenoxy) is 1. The number of halogens is 2. The zero-order valence-corrected chi connectivity index (χ0v) is 28.9. The lowest BCUT2D eigenvalue weighted by Gasteiger charge is -2.31. The van der Waals surface area contributed by atoms with E-state index < -0.39 is 53.4 Å². The number of nitrogens with zero attached hydrogens (tertiary/aromatic N) is 1. The van der Waals surface area contributed by atoms with E-state index in [1.54, 1.807) is 12.1 Å². The van der Waals surface area contributed by atoms with E-state index in [1.807, 2.05) is 74.5 Å². The Hall–Kier alpha value is -5.05. The van der Waals surface area contributed by atoms with Crippen molar-refractivity contribution < 1.29 is 32.7 Å². The second-order valence-corrected chi connectivity index (χ2v) is 14.4. The summed E-state index contributed by atoms with van der Waals surface area (Å²) in [4.78, 5) is 53.6. The maximum atomic E-state index is 14.1. The average Bonchev–Trinajstić information content (AvgIpc) is 3.37. The van der Waals surface area contributed by atoms with Crippen molar-refractivity contribution in [2.75, 3.05) is 0 Å². The molecule has 0 spiro atoms. The number of rotatable bonds is 13. The molecule has 5 rings (SSSR count). The van der Waals surface area contributed by atoms with Crippen molar-refractivity contribution in [3.05, 3.63) is 83.9 Å². The van der Waals surface area contributed by atoms with Crippen molar-refractivity contribution in [3.8, 4) is 6.07 Å². The molecule has 0 bridgehead atoms. The summed E-state index contributed by atoms with van der Waals surface area (Å²) in [6, 6.07) is 21.0. The highest BCUT2D eigenvalue weighted by molar-refractivity contribution is 5.93. The van der Waals surface area contributed by atoms with Crippen LogP contribution in [0.4, 0.5) is 13.6 Å². The van der Waals surface area contributed by atoms with E-state index in [-0.39, 0.29) is 63.4 Å². The minimum Gasteiger partial charge on any atom is -0.445 e. The lowest BCUT2D eigenvalue weighted by atomic mass is 9.82. The third-order valence-corrected chi connectivity index (χ3v) is 9.75. The highest BCUT2D eigenvalue weighted by atomic mass is 19.3. The Morgan fingerprint density at radius 3 is 2.25 bits per heavy atom. The fraction of sp³-hybridized carbons (Fsp3) is 0.462. The van der Waals surface area contributed by atoms with Crippen LogP contribution in [0, 0.1) is 23.2 Å². The molecule has 3 aromatic carbocycles. The van der Waals surface area contributed by atoms with E-state index in [2.05, 4.69) is 27.3 Å². The molecule has 4 atom stereocenters. The van der Waals surface area contributed by atoms with E-state index in [0.717, 1.165) is 21.9 Å². The van der Waals surface area contributed by atoms with Gasteiger partial charge in [0.2, 0.25) is 23.6 Å². The maximum absolute atomic E-state index is 14.1. The maximum Gasteiger partial charge on any atom is 0.408 e. The van der Waals surface area contributed by atoms with Crippen LogP contribution in [-0.4, -0.2) is 53.4 Å². The molecule has 12 heteroatoms. The Labute approximate surface area is 296 Å². The van der Waals surface area contributed by atoms with Gasteiger partial charge in [0.25, 0.3) is 0 Å². The Kier molecular flexibility index (Phi) is 11.9. The van der Waals surface area contributed by atoms with Crippen molar-refractivity contribution >= 4 is 34.6 Å². The molecule has 2 fully saturated rings. The van der Waals surface area contributed by atoms with Gasteiger partial charge in [-0.25, -0.2) is 13.6 Å².